The summed E-state index contributed by atoms with van der Waals surface area (Å²) in [5.41, 5.74) is 1.83. The van der Waals surface area contributed by atoms with E-state index in [0.717, 1.165) is 19.4 Å². The van der Waals surface area contributed by atoms with Crippen molar-refractivity contribution in [2.45, 2.75) is 38.8 Å². The van der Waals surface area contributed by atoms with Gasteiger partial charge in [-0.15, -0.1) is 11.3 Å². The molecule has 7 heteroatoms. The summed E-state index contributed by atoms with van der Waals surface area (Å²) in [6, 6.07) is 0.412. The Balaban J connectivity index is 1.76. The maximum atomic E-state index is 11.9. The van der Waals surface area contributed by atoms with Crippen molar-refractivity contribution in [3.63, 3.8) is 0 Å². The molecule has 2 heterocycles. The summed E-state index contributed by atoms with van der Waals surface area (Å²) in [4.78, 5) is 5.26. The van der Waals surface area contributed by atoms with Crippen molar-refractivity contribution >= 4 is 21.4 Å². The van der Waals surface area contributed by atoms with Crippen molar-refractivity contribution in [1.29, 1.82) is 0 Å². The highest BCUT2D eigenvalue weighted by Gasteiger charge is 2.26. The van der Waals surface area contributed by atoms with Crippen LogP contribution in [-0.2, 0) is 16.6 Å². The Morgan fingerprint density at radius 1 is 1.47 bits per heavy atom. The molecule has 0 radical (unpaired) electrons. The van der Waals surface area contributed by atoms with Gasteiger partial charge in [-0.3, -0.25) is 4.98 Å². The Kier molecular flexibility index (Phi) is 5.32. The predicted molar refractivity (Wildman–Crippen MR) is 77.6 cm³/mol. The Bertz CT molecular complexity index is 465. The van der Waals surface area contributed by atoms with Crippen LogP contribution < -0.4 is 5.32 Å². The van der Waals surface area contributed by atoms with Crippen LogP contribution in [0.4, 0.5) is 0 Å². The molecule has 0 aliphatic carbocycles. The Hall–Kier alpha value is -0.500. The molecular weight excluding hydrogens is 282 g/mol. The molecule has 19 heavy (non-hydrogen) atoms. The van der Waals surface area contributed by atoms with Gasteiger partial charge in [0.05, 0.1) is 11.3 Å². The Morgan fingerprint density at radius 3 is 2.79 bits per heavy atom. The zero-order valence-electron chi connectivity index (χ0n) is 11.2. The maximum absolute atomic E-state index is 11.9. The van der Waals surface area contributed by atoms with Crippen molar-refractivity contribution in [3.05, 3.63) is 16.6 Å². The first-order chi connectivity index (χ1) is 9.12. The molecule has 0 saturated carbocycles. The van der Waals surface area contributed by atoms with Gasteiger partial charge >= 0.3 is 0 Å². The first-order valence-electron chi connectivity index (χ1n) is 6.70. The SMILES string of the molecule is CCCS(=O)(=O)N1CCC(NCc2cncs2)CC1. The van der Waals surface area contributed by atoms with E-state index in [1.54, 1.807) is 15.6 Å². The second-order valence-electron chi connectivity index (χ2n) is 4.84. The quantitative estimate of drug-likeness (QED) is 0.864. The fourth-order valence-corrected chi connectivity index (χ4v) is 4.39. The number of aromatic nitrogens is 1. The van der Waals surface area contributed by atoms with Crippen LogP contribution in [0.3, 0.4) is 0 Å². The van der Waals surface area contributed by atoms with Crippen LogP contribution in [0, 0.1) is 0 Å². The Labute approximate surface area is 119 Å². The van der Waals surface area contributed by atoms with Crippen molar-refractivity contribution < 1.29 is 8.42 Å². The van der Waals surface area contributed by atoms with Crippen LogP contribution >= 0.6 is 11.3 Å². The van der Waals surface area contributed by atoms with Gasteiger partial charge in [-0.2, -0.15) is 0 Å². The van der Waals surface area contributed by atoms with E-state index in [0.29, 0.717) is 25.6 Å². The van der Waals surface area contributed by atoms with E-state index < -0.39 is 10.0 Å². The molecule has 0 bridgehead atoms. The highest BCUT2D eigenvalue weighted by Crippen LogP contribution is 2.16. The number of hydrogen-bond acceptors (Lipinski definition) is 5. The molecule has 0 amide bonds. The topological polar surface area (TPSA) is 62.3 Å². The number of sulfonamides is 1. The van der Waals surface area contributed by atoms with Gasteiger partial charge in [-0.05, 0) is 19.3 Å². The summed E-state index contributed by atoms with van der Waals surface area (Å²) in [6.07, 6.45) is 4.34. The second-order valence-corrected chi connectivity index (χ2v) is 7.90. The monoisotopic (exact) mass is 303 g/mol. The zero-order chi connectivity index (χ0) is 13.7. The van der Waals surface area contributed by atoms with Gasteiger partial charge in [-0.1, -0.05) is 6.92 Å². The van der Waals surface area contributed by atoms with Crippen LogP contribution in [0.25, 0.3) is 0 Å². The van der Waals surface area contributed by atoms with E-state index in [9.17, 15) is 8.42 Å². The fourth-order valence-electron chi connectivity index (χ4n) is 2.30. The minimum Gasteiger partial charge on any atom is -0.309 e. The van der Waals surface area contributed by atoms with Crippen LogP contribution in [0.15, 0.2) is 11.7 Å². The molecule has 1 aromatic heterocycles. The van der Waals surface area contributed by atoms with Crippen LogP contribution in [0.5, 0.6) is 0 Å². The predicted octanol–water partition coefficient (Wildman–Crippen LogP) is 1.44. The van der Waals surface area contributed by atoms with E-state index in [4.69, 9.17) is 0 Å². The number of thiazole rings is 1. The standard InChI is InChI=1S/C12H21N3O2S2/c1-2-7-19(16,17)15-5-3-11(4-6-15)14-9-12-8-13-10-18-12/h8,10-11,14H,2-7,9H2,1H3. The van der Waals surface area contributed by atoms with Crippen molar-refractivity contribution in [1.82, 2.24) is 14.6 Å². The van der Waals surface area contributed by atoms with Crippen molar-refractivity contribution in [2.24, 2.45) is 0 Å². The average Bonchev–Trinajstić information content (AvgIpc) is 2.90. The van der Waals surface area contributed by atoms with Gasteiger partial charge < -0.3 is 5.32 Å². The smallest absolute Gasteiger partial charge is 0.214 e. The van der Waals surface area contributed by atoms with Gasteiger partial charge in [-0.25, -0.2) is 12.7 Å². The summed E-state index contributed by atoms with van der Waals surface area (Å²) in [5.74, 6) is 0.270. The van der Waals surface area contributed by atoms with E-state index in [2.05, 4.69) is 10.3 Å². The van der Waals surface area contributed by atoms with Crippen molar-refractivity contribution in [3.8, 4) is 0 Å². The zero-order valence-corrected chi connectivity index (χ0v) is 12.8. The minimum atomic E-state index is -3.02. The van der Waals surface area contributed by atoms with E-state index in [-0.39, 0.29) is 5.75 Å². The average molecular weight is 303 g/mol. The Morgan fingerprint density at radius 2 is 2.21 bits per heavy atom. The molecular formula is C12H21N3O2S2. The van der Waals surface area contributed by atoms with Gasteiger partial charge in [0.2, 0.25) is 10.0 Å². The molecule has 0 atom stereocenters. The molecule has 5 nitrogen and oxygen atoms in total. The summed E-state index contributed by atoms with van der Waals surface area (Å²) in [5, 5.41) is 3.48. The lowest BCUT2D eigenvalue weighted by Gasteiger charge is -2.31. The molecule has 1 N–H and O–H groups in total. The normalized spacial score (nSPS) is 18.8. The van der Waals surface area contributed by atoms with Crippen molar-refractivity contribution in [2.75, 3.05) is 18.8 Å². The lowest BCUT2D eigenvalue weighted by molar-refractivity contribution is 0.289. The number of nitrogens with zero attached hydrogens (tertiary/aromatic N) is 2. The molecule has 1 aromatic rings. The third-order valence-corrected chi connectivity index (χ3v) is 6.21. The number of nitrogens with one attached hydrogen (secondary N) is 1. The summed E-state index contributed by atoms with van der Waals surface area (Å²) in [7, 11) is -3.02. The van der Waals surface area contributed by atoms with Gasteiger partial charge in [0, 0.05) is 36.8 Å². The summed E-state index contributed by atoms with van der Waals surface area (Å²) >= 11 is 1.64. The molecule has 1 saturated heterocycles. The molecule has 0 aromatic carbocycles. The lowest BCUT2D eigenvalue weighted by atomic mass is 10.1. The number of piperidine rings is 1. The summed E-state index contributed by atoms with van der Waals surface area (Å²) < 4.78 is 25.5. The molecule has 1 fully saturated rings. The molecule has 2 rings (SSSR count). The molecule has 0 spiro atoms. The minimum absolute atomic E-state index is 0.270. The lowest BCUT2D eigenvalue weighted by Crippen LogP contribution is -2.45. The maximum Gasteiger partial charge on any atom is 0.214 e. The fraction of sp³-hybridized carbons (Fsp3) is 0.750. The van der Waals surface area contributed by atoms with Crippen LogP contribution in [0.1, 0.15) is 31.1 Å². The first kappa shape index (κ1) is 14.9. The van der Waals surface area contributed by atoms with E-state index in [1.807, 2.05) is 18.6 Å². The van der Waals surface area contributed by atoms with Crippen LogP contribution in [-0.4, -0.2) is 42.6 Å². The highest BCUT2D eigenvalue weighted by atomic mass is 32.2. The van der Waals surface area contributed by atoms with E-state index >= 15 is 0 Å². The number of hydrogen-bond donors (Lipinski definition) is 1. The molecule has 0 unspecified atom stereocenters. The third kappa shape index (κ3) is 4.24. The number of rotatable bonds is 6. The molecule has 1 aliphatic rings. The second kappa shape index (κ2) is 6.78. The van der Waals surface area contributed by atoms with E-state index in [1.165, 1.54) is 4.88 Å². The van der Waals surface area contributed by atoms with Gasteiger partial charge in [0.15, 0.2) is 0 Å². The van der Waals surface area contributed by atoms with Gasteiger partial charge in [0.25, 0.3) is 0 Å². The van der Waals surface area contributed by atoms with Crippen LogP contribution in [0.2, 0.25) is 0 Å². The molecule has 108 valence electrons. The third-order valence-electron chi connectivity index (χ3n) is 3.36. The first-order valence-corrected chi connectivity index (χ1v) is 9.19. The summed E-state index contributed by atoms with van der Waals surface area (Å²) in [6.45, 7) is 4.02. The molecule has 1 aliphatic heterocycles. The highest BCUT2D eigenvalue weighted by molar-refractivity contribution is 7.89. The van der Waals surface area contributed by atoms with Gasteiger partial charge in [0.1, 0.15) is 0 Å². The largest absolute Gasteiger partial charge is 0.309 e.